The number of nitrogens with zero attached hydrogens (tertiary/aromatic N) is 2. The summed E-state index contributed by atoms with van der Waals surface area (Å²) in [7, 11) is 0. The van der Waals surface area contributed by atoms with Crippen LogP contribution in [0.25, 0.3) is 11.3 Å². The van der Waals surface area contributed by atoms with E-state index in [0.717, 1.165) is 23.4 Å². The van der Waals surface area contributed by atoms with E-state index < -0.39 is 5.97 Å². The number of carboxylic acids is 1. The van der Waals surface area contributed by atoms with Gasteiger partial charge in [0.2, 0.25) is 0 Å². The first-order chi connectivity index (χ1) is 8.15. The first kappa shape index (κ1) is 11.4. The van der Waals surface area contributed by atoms with Gasteiger partial charge < -0.3 is 5.11 Å². The number of rotatable bonds is 3. The van der Waals surface area contributed by atoms with Gasteiger partial charge in [-0.05, 0) is 25.5 Å². The largest absolute Gasteiger partial charge is 0.478 e. The highest BCUT2D eigenvalue weighted by molar-refractivity contribution is 5.95. The number of aryl methyl sites for hydroxylation is 2. The van der Waals surface area contributed by atoms with Crippen LogP contribution >= 0.6 is 0 Å². The Morgan fingerprint density at radius 1 is 1.41 bits per heavy atom. The summed E-state index contributed by atoms with van der Waals surface area (Å²) < 4.78 is 1.82. The summed E-state index contributed by atoms with van der Waals surface area (Å²) in [4.78, 5) is 11.2. The third-order valence-corrected chi connectivity index (χ3v) is 2.73. The molecule has 88 valence electrons. The molecule has 4 nitrogen and oxygen atoms in total. The van der Waals surface area contributed by atoms with Crippen molar-refractivity contribution in [1.29, 1.82) is 0 Å². The van der Waals surface area contributed by atoms with Gasteiger partial charge in [0, 0.05) is 12.1 Å². The van der Waals surface area contributed by atoms with Crippen LogP contribution in [0.15, 0.2) is 30.5 Å². The summed E-state index contributed by atoms with van der Waals surface area (Å²) in [5.74, 6) is -0.913. The minimum atomic E-state index is -0.913. The fourth-order valence-corrected chi connectivity index (χ4v) is 1.95. The summed E-state index contributed by atoms with van der Waals surface area (Å²) in [6.07, 6.45) is 1.76. The highest BCUT2D eigenvalue weighted by Crippen LogP contribution is 2.26. The quantitative estimate of drug-likeness (QED) is 0.881. The van der Waals surface area contributed by atoms with Crippen LogP contribution in [0.4, 0.5) is 0 Å². The van der Waals surface area contributed by atoms with Crippen LogP contribution in [0.3, 0.4) is 0 Å². The summed E-state index contributed by atoms with van der Waals surface area (Å²) in [6.45, 7) is 4.64. The van der Waals surface area contributed by atoms with Crippen LogP contribution in [-0.4, -0.2) is 20.9 Å². The molecule has 0 saturated heterocycles. The van der Waals surface area contributed by atoms with Crippen molar-refractivity contribution in [3.8, 4) is 11.3 Å². The van der Waals surface area contributed by atoms with Crippen molar-refractivity contribution in [2.24, 2.45) is 0 Å². The highest BCUT2D eigenvalue weighted by atomic mass is 16.4. The molecule has 0 saturated carbocycles. The molecule has 0 aliphatic carbocycles. The molecule has 1 heterocycles. The standard InChI is InChI=1S/C13H14N2O2/c1-3-15-12(9(2)8-14-15)10-6-4-5-7-11(10)13(16)17/h4-8H,3H2,1-2H3,(H,16,17). The van der Waals surface area contributed by atoms with Crippen LogP contribution in [0.2, 0.25) is 0 Å². The number of benzene rings is 1. The Morgan fingerprint density at radius 3 is 2.76 bits per heavy atom. The van der Waals surface area contributed by atoms with Crippen molar-refractivity contribution in [1.82, 2.24) is 9.78 Å². The first-order valence-corrected chi connectivity index (χ1v) is 5.50. The molecular weight excluding hydrogens is 216 g/mol. The zero-order chi connectivity index (χ0) is 12.4. The lowest BCUT2D eigenvalue weighted by Gasteiger charge is -2.09. The van der Waals surface area contributed by atoms with Crippen molar-refractivity contribution < 1.29 is 9.90 Å². The number of aromatic carboxylic acids is 1. The highest BCUT2D eigenvalue weighted by Gasteiger charge is 2.16. The van der Waals surface area contributed by atoms with Gasteiger partial charge in [-0.1, -0.05) is 18.2 Å². The van der Waals surface area contributed by atoms with E-state index in [9.17, 15) is 9.90 Å². The van der Waals surface area contributed by atoms with Crippen molar-refractivity contribution >= 4 is 5.97 Å². The SMILES string of the molecule is CCn1ncc(C)c1-c1ccccc1C(=O)O. The fraction of sp³-hybridized carbons (Fsp3) is 0.231. The molecule has 1 aromatic heterocycles. The topological polar surface area (TPSA) is 55.1 Å². The average molecular weight is 230 g/mol. The molecule has 0 amide bonds. The van der Waals surface area contributed by atoms with Crippen LogP contribution in [0.1, 0.15) is 22.8 Å². The molecule has 17 heavy (non-hydrogen) atoms. The summed E-state index contributed by atoms with van der Waals surface area (Å²) in [6, 6.07) is 7.01. The Morgan fingerprint density at radius 2 is 2.12 bits per heavy atom. The third-order valence-electron chi connectivity index (χ3n) is 2.73. The lowest BCUT2D eigenvalue weighted by molar-refractivity contribution is 0.0697. The predicted octanol–water partition coefficient (Wildman–Crippen LogP) is 2.58. The lowest BCUT2D eigenvalue weighted by atomic mass is 10.0. The molecule has 0 unspecified atom stereocenters. The normalized spacial score (nSPS) is 10.5. The molecule has 0 spiro atoms. The van der Waals surface area contributed by atoms with E-state index in [0.29, 0.717) is 5.56 Å². The second-order valence-electron chi connectivity index (χ2n) is 3.84. The van der Waals surface area contributed by atoms with Crippen molar-refractivity contribution in [2.45, 2.75) is 20.4 Å². The molecule has 0 bridgehead atoms. The maximum atomic E-state index is 11.2. The van der Waals surface area contributed by atoms with E-state index in [2.05, 4.69) is 5.10 Å². The Bertz CT molecular complexity index is 558. The average Bonchev–Trinajstić information content (AvgIpc) is 2.70. The molecule has 0 radical (unpaired) electrons. The molecule has 2 aromatic rings. The van der Waals surface area contributed by atoms with E-state index >= 15 is 0 Å². The molecular formula is C13H14N2O2. The summed E-state index contributed by atoms with van der Waals surface area (Å²) in [5.41, 5.74) is 2.90. The van der Waals surface area contributed by atoms with Gasteiger partial charge >= 0.3 is 5.97 Å². The molecule has 0 atom stereocenters. The zero-order valence-corrected chi connectivity index (χ0v) is 9.84. The van der Waals surface area contributed by atoms with Crippen molar-refractivity contribution in [2.75, 3.05) is 0 Å². The van der Waals surface area contributed by atoms with Crippen LogP contribution in [-0.2, 0) is 6.54 Å². The number of hydrogen-bond acceptors (Lipinski definition) is 2. The van der Waals surface area contributed by atoms with E-state index in [1.54, 1.807) is 18.3 Å². The fourth-order valence-electron chi connectivity index (χ4n) is 1.95. The van der Waals surface area contributed by atoms with Gasteiger partial charge in [0.05, 0.1) is 17.5 Å². The van der Waals surface area contributed by atoms with E-state index in [4.69, 9.17) is 0 Å². The zero-order valence-electron chi connectivity index (χ0n) is 9.84. The predicted molar refractivity (Wildman–Crippen MR) is 65.0 cm³/mol. The van der Waals surface area contributed by atoms with Crippen LogP contribution in [0, 0.1) is 6.92 Å². The van der Waals surface area contributed by atoms with Gasteiger partial charge in [-0.2, -0.15) is 5.10 Å². The molecule has 0 aliphatic rings. The molecule has 0 aliphatic heterocycles. The van der Waals surface area contributed by atoms with Crippen molar-refractivity contribution in [3.05, 3.63) is 41.6 Å². The Labute approximate surface area is 99.5 Å². The van der Waals surface area contributed by atoms with Gasteiger partial charge in [-0.3, -0.25) is 4.68 Å². The van der Waals surface area contributed by atoms with Gasteiger partial charge in [0.1, 0.15) is 0 Å². The first-order valence-electron chi connectivity index (χ1n) is 5.50. The molecule has 1 N–H and O–H groups in total. The van der Waals surface area contributed by atoms with Gasteiger partial charge in [-0.15, -0.1) is 0 Å². The lowest BCUT2D eigenvalue weighted by Crippen LogP contribution is -2.04. The Hall–Kier alpha value is -2.10. The Balaban J connectivity index is 2.68. The number of carbonyl (C=O) groups is 1. The van der Waals surface area contributed by atoms with Crippen LogP contribution in [0.5, 0.6) is 0 Å². The molecule has 4 heteroatoms. The van der Waals surface area contributed by atoms with Gasteiger partial charge in [-0.25, -0.2) is 4.79 Å². The maximum Gasteiger partial charge on any atom is 0.336 e. The Kier molecular flexibility index (Phi) is 2.95. The number of carboxylic acid groups (broad SMARTS) is 1. The van der Waals surface area contributed by atoms with E-state index in [-0.39, 0.29) is 0 Å². The number of aromatic nitrogens is 2. The molecule has 1 aromatic carbocycles. The summed E-state index contributed by atoms with van der Waals surface area (Å²) >= 11 is 0. The van der Waals surface area contributed by atoms with E-state index in [1.807, 2.05) is 30.7 Å². The van der Waals surface area contributed by atoms with Gasteiger partial charge in [0.25, 0.3) is 0 Å². The minimum Gasteiger partial charge on any atom is -0.478 e. The number of hydrogen-bond donors (Lipinski definition) is 1. The molecule has 2 rings (SSSR count). The third kappa shape index (κ3) is 1.93. The minimum absolute atomic E-state index is 0.311. The maximum absolute atomic E-state index is 11.2. The molecule has 0 fully saturated rings. The van der Waals surface area contributed by atoms with E-state index in [1.165, 1.54) is 0 Å². The smallest absolute Gasteiger partial charge is 0.336 e. The second-order valence-corrected chi connectivity index (χ2v) is 3.84. The van der Waals surface area contributed by atoms with Gasteiger partial charge in [0.15, 0.2) is 0 Å². The monoisotopic (exact) mass is 230 g/mol. The second kappa shape index (κ2) is 4.41. The van der Waals surface area contributed by atoms with Crippen molar-refractivity contribution in [3.63, 3.8) is 0 Å². The van der Waals surface area contributed by atoms with Crippen LogP contribution < -0.4 is 0 Å². The summed E-state index contributed by atoms with van der Waals surface area (Å²) in [5, 5.41) is 13.4.